The van der Waals surface area contributed by atoms with Crippen LogP contribution in [0.4, 0.5) is 0 Å². The summed E-state index contributed by atoms with van der Waals surface area (Å²) in [5.74, 6) is 3.34. The zero-order chi connectivity index (χ0) is 26.4. The molecule has 1 aliphatic heterocycles. The minimum absolute atomic E-state index is 0.0163. The van der Waals surface area contributed by atoms with Crippen LogP contribution in [0.5, 0.6) is 28.7 Å². The molecular formula is C30H35NO6. The summed E-state index contributed by atoms with van der Waals surface area (Å²) in [6.45, 7) is 3.03. The van der Waals surface area contributed by atoms with E-state index in [0.717, 1.165) is 35.3 Å². The van der Waals surface area contributed by atoms with Gasteiger partial charge in [-0.2, -0.15) is 0 Å². The molecular weight excluding hydrogens is 470 g/mol. The maximum absolute atomic E-state index is 13.7. The Bertz CT molecular complexity index is 1220. The Labute approximate surface area is 218 Å². The van der Waals surface area contributed by atoms with E-state index in [9.17, 15) is 4.79 Å². The number of rotatable bonds is 10. The molecule has 4 rings (SSSR count). The Morgan fingerprint density at radius 1 is 0.811 bits per heavy atom. The topological polar surface area (TPSA) is 66.5 Å². The van der Waals surface area contributed by atoms with Gasteiger partial charge in [0.1, 0.15) is 12.4 Å². The highest BCUT2D eigenvalue weighted by atomic mass is 16.5. The molecule has 0 radical (unpaired) electrons. The summed E-state index contributed by atoms with van der Waals surface area (Å²) in [6, 6.07) is 17.4. The second-order valence-electron chi connectivity index (χ2n) is 8.93. The van der Waals surface area contributed by atoms with Gasteiger partial charge in [-0.3, -0.25) is 4.79 Å². The van der Waals surface area contributed by atoms with E-state index in [4.69, 9.17) is 23.7 Å². The number of fused-ring (bicyclic) bond motifs is 1. The van der Waals surface area contributed by atoms with Crippen LogP contribution in [0.25, 0.3) is 0 Å². The predicted octanol–water partition coefficient (Wildman–Crippen LogP) is 5.03. The first kappa shape index (κ1) is 26.2. The van der Waals surface area contributed by atoms with Crippen LogP contribution in [-0.2, 0) is 24.1 Å². The smallest absolute Gasteiger partial charge is 0.227 e. The van der Waals surface area contributed by atoms with Crippen molar-refractivity contribution in [2.75, 3.05) is 41.6 Å². The summed E-state index contributed by atoms with van der Waals surface area (Å²) in [4.78, 5) is 15.6. The average molecular weight is 506 g/mol. The second-order valence-corrected chi connectivity index (χ2v) is 8.93. The van der Waals surface area contributed by atoms with E-state index >= 15 is 0 Å². The third kappa shape index (κ3) is 5.77. The minimum Gasteiger partial charge on any atom is -0.493 e. The van der Waals surface area contributed by atoms with Crippen molar-refractivity contribution in [3.8, 4) is 28.7 Å². The lowest BCUT2D eigenvalue weighted by molar-refractivity contribution is -0.134. The van der Waals surface area contributed by atoms with Crippen LogP contribution in [0.3, 0.4) is 0 Å². The number of carbonyl (C=O) groups excluding carboxylic acids is 1. The van der Waals surface area contributed by atoms with E-state index in [0.29, 0.717) is 36.1 Å². The summed E-state index contributed by atoms with van der Waals surface area (Å²) in [7, 11) is 6.44. The molecule has 1 amide bonds. The van der Waals surface area contributed by atoms with Crippen LogP contribution in [-0.4, -0.2) is 52.4 Å². The third-order valence-electron chi connectivity index (χ3n) is 6.87. The summed E-state index contributed by atoms with van der Waals surface area (Å²) >= 11 is 0. The van der Waals surface area contributed by atoms with Gasteiger partial charge in [0, 0.05) is 6.54 Å². The number of ether oxygens (including phenoxy) is 5. The van der Waals surface area contributed by atoms with Crippen LogP contribution >= 0.6 is 0 Å². The number of methoxy groups -OCH3 is 4. The molecule has 7 nitrogen and oxygen atoms in total. The molecule has 1 heterocycles. The fraction of sp³-hybridized carbons (Fsp3) is 0.367. The quantitative estimate of drug-likeness (QED) is 0.385. The van der Waals surface area contributed by atoms with Gasteiger partial charge in [0.25, 0.3) is 0 Å². The molecule has 0 saturated heterocycles. The minimum atomic E-state index is -0.276. The van der Waals surface area contributed by atoms with Crippen molar-refractivity contribution in [3.05, 3.63) is 76.9 Å². The van der Waals surface area contributed by atoms with Gasteiger partial charge in [0.05, 0.1) is 40.9 Å². The van der Waals surface area contributed by atoms with Crippen LogP contribution in [0, 0.1) is 0 Å². The van der Waals surface area contributed by atoms with Gasteiger partial charge in [0.2, 0.25) is 5.91 Å². The van der Waals surface area contributed by atoms with Gasteiger partial charge in [-0.15, -0.1) is 0 Å². The predicted molar refractivity (Wildman–Crippen MR) is 142 cm³/mol. The first-order valence-corrected chi connectivity index (χ1v) is 12.5. The number of hydrogen-bond acceptors (Lipinski definition) is 6. The first-order chi connectivity index (χ1) is 18.0. The van der Waals surface area contributed by atoms with Crippen molar-refractivity contribution in [3.63, 3.8) is 0 Å². The molecule has 37 heavy (non-hydrogen) atoms. The summed E-state index contributed by atoms with van der Waals surface area (Å²) in [5.41, 5.74) is 4.24. The van der Waals surface area contributed by atoms with Crippen LogP contribution < -0.4 is 23.7 Å². The maximum atomic E-state index is 13.7. The highest BCUT2D eigenvalue weighted by Gasteiger charge is 2.33. The van der Waals surface area contributed by atoms with Crippen molar-refractivity contribution < 1.29 is 28.5 Å². The summed E-state index contributed by atoms with van der Waals surface area (Å²) < 4.78 is 28.1. The lowest BCUT2D eigenvalue weighted by atomic mass is 9.91. The van der Waals surface area contributed by atoms with E-state index in [-0.39, 0.29) is 18.4 Å². The fourth-order valence-electron chi connectivity index (χ4n) is 4.77. The van der Waals surface area contributed by atoms with Crippen molar-refractivity contribution in [2.24, 2.45) is 0 Å². The Morgan fingerprint density at radius 2 is 1.43 bits per heavy atom. The molecule has 3 aromatic rings. The molecule has 0 aromatic heterocycles. The van der Waals surface area contributed by atoms with Gasteiger partial charge in [-0.25, -0.2) is 0 Å². The van der Waals surface area contributed by atoms with E-state index in [1.54, 1.807) is 28.4 Å². The largest absolute Gasteiger partial charge is 0.493 e. The molecule has 0 spiro atoms. The number of benzene rings is 3. The normalized spacial score (nSPS) is 14.5. The van der Waals surface area contributed by atoms with Gasteiger partial charge in [-0.1, -0.05) is 25.1 Å². The van der Waals surface area contributed by atoms with E-state index in [1.807, 2.05) is 47.4 Å². The first-order valence-electron chi connectivity index (χ1n) is 12.5. The van der Waals surface area contributed by atoms with Crippen LogP contribution in [0.2, 0.25) is 0 Å². The Kier molecular flexibility index (Phi) is 8.43. The number of hydrogen-bond donors (Lipinski definition) is 0. The Morgan fingerprint density at radius 3 is 2.08 bits per heavy atom. The number of nitrogens with zero attached hydrogens (tertiary/aromatic N) is 1. The van der Waals surface area contributed by atoms with Crippen molar-refractivity contribution in [2.45, 2.75) is 32.2 Å². The number of aryl methyl sites for hydroxylation is 1. The van der Waals surface area contributed by atoms with Crippen LogP contribution in [0.15, 0.2) is 54.6 Å². The Balaban J connectivity index is 1.63. The average Bonchev–Trinajstić information content (AvgIpc) is 2.94. The molecule has 0 N–H and O–H groups in total. The molecule has 0 saturated carbocycles. The highest BCUT2D eigenvalue weighted by molar-refractivity contribution is 5.80. The fourth-order valence-corrected chi connectivity index (χ4v) is 4.77. The van der Waals surface area contributed by atoms with Crippen molar-refractivity contribution in [1.82, 2.24) is 4.90 Å². The van der Waals surface area contributed by atoms with Crippen molar-refractivity contribution >= 4 is 5.91 Å². The summed E-state index contributed by atoms with van der Waals surface area (Å²) in [6.07, 6.45) is 1.93. The van der Waals surface area contributed by atoms with E-state index < -0.39 is 0 Å². The third-order valence-corrected chi connectivity index (χ3v) is 6.87. The van der Waals surface area contributed by atoms with E-state index in [1.165, 1.54) is 5.56 Å². The standard InChI is InChI=1S/C30H35NO6/c1-6-20-7-10-23(11-8-20)37-19-25-24-18-29(36-5)28(35-4)17-22(24)13-14-31(25)30(32)16-21-9-12-26(33-2)27(15-21)34-3/h7-12,15,17-18,25H,6,13-14,16,19H2,1-5H3/t25-/m0/s1. The molecule has 0 bridgehead atoms. The van der Waals surface area contributed by atoms with Crippen molar-refractivity contribution in [1.29, 1.82) is 0 Å². The SMILES string of the molecule is CCc1ccc(OC[C@H]2c3cc(OC)c(OC)cc3CCN2C(=O)Cc2ccc(OC)c(OC)c2)cc1. The zero-order valence-electron chi connectivity index (χ0n) is 22.2. The molecule has 1 atom stereocenters. The van der Waals surface area contributed by atoms with Gasteiger partial charge >= 0.3 is 0 Å². The Hall–Kier alpha value is -3.87. The number of carbonyl (C=O) groups is 1. The van der Waals surface area contributed by atoms with Gasteiger partial charge in [-0.05, 0) is 71.5 Å². The lowest BCUT2D eigenvalue weighted by Crippen LogP contribution is -2.43. The lowest BCUT2D eigenvalue weighted by Gasteiger charge is -2.37. The van der Waals surface area contributed by atoms with E-state index in [2.05, 4.69) is 19.1 Å². The number of amides is 1. The zero-order valence-corrected chi connectivity index (χ0v) is 22.2. The molecule has 196 valence electrons. The molecule has 7 heteroatoms. The maximum Gasteiger partial charge on any atom is 0.227 e. The molecule has 0 unspecified atom stereocenters. The molecule has 0 fully saturated rings. The molecule has 3 aromatic carbocycles. The highest BCUT2D eigenvalue weighted by Crippen LogP contribution is 2.39. The summed E-state index contributed by atoms with van der Waals surface area (Å²) in [5, 5.41) is 0. The second kappa shape index (κ2) is 11.9. The molecule has 0 aliphatic carbocycles. The van der Waals surface area contributed by atoms with Gasteiger partial charge in [0.15, 0.2) is 23.0 Å². The molecule has 1 aliphatic rings. The monoisotopic (exact) mass is 505 g/mol. The van der Waals surface area contributed by atoms with Gasteiger partial charge < -0.3 is 28.6 Å². The van der Waals surface area contributed by atoms with Crippen LogP contribution in [0.1, 0.15) is 35.2 Å².